The molecular formula is C17H15F3N4O3S. The van der Waals surface area contributed by atoms with E-state index >= 15 is 0 Å². The Labute approximate surface area is 163 Å². The minimum atomic E-state index is -4.66. The summed E-state index contributed by atoms with van der Waals surface area (Å²) in [5.41, 5.74) is -0.863. The van der Waals surface area contributed by atoms with Crippen molar-refractivity contribution in [2.75, 3.05) is 18.7 Å². The molecule has 0 saturated heterocycles. The number of hydrogen-bond donors (Lipinski definition) is 1. The number of hydroxylamine groups is 1. The van der Waals surface area contributed by atoms with Gasteiger partial charge in [0.25, 0.3) is 0 Å². The molecule has 148 valence electrons. The summed E-state index contributed by atoms with van der Waals surface area (Å²) < 4.78 is 45.0. The topological polar surface area (TPSA) is 87.5 Å². The monoisotopic (exact) mass is 412 g/mol. The van der Waals surface area contributed by atoms with Crippen LogP contribution in [0.25, 0.3) is 0 Å². The Bertz CT molecular complexity index is 865. The van der Waals surface area contributed by atoms with Crippen LogP contribution in [0, 0.1) is 11.3 Å². The van der Waals surface area contributed by atoms with Crippen LogP contribution < -0.4 is 10.1 Å². The van der Waals surface area contributed by atoms with E-state index in [1.54, 1.807) is 36.6 Å². The van der Waals surface area contributed by atoms with Crippen LogP contribution >= 0.6 is 11.9 Å². The highest BCUT2D eigenvalue weighted by Gasteiger charge is 2.33. The molecule has 1 N–H and O–H groups in total. The molecule has 0 saturated carbocycles. The second kappa shape index (κ2) is 9.29. The van der Waals surface area contributed by atoms with E-state index in [0.717, 1.165) is 22.5 Å². The molecule has 2 aromatic rings. The van der Waals surface area contributed by atoms with Crippen molar-refractivity contribution in [2.45, 2.75) is 12.8 Å². The van der Waals surface area contributed by atoms with Gasteiger partial charge >= 0.3 is 12.2 Å². The number of amides is 2. The first-order chi connectivity index (χ1) is 13.3. The maximum Gasteiger partial charge on any atom is 0.433 e. The molecule has 2 amide bonds. The van der Waals surface area contributed by atoms with Crippen LogP contribution in [0.4, 0.5) is 23.7 Å². The molecule has 0 fully saturated rings. The number of nitriles is 1. The predicted molar refractivity (Wildman–Crippen MR) is 96.1 cm³/mol. The smallest absolute Gasteiger partial charge is 0.433 e. The molecule has 0 bridgehead atoms. The number of hydrogen-bond acceptors (Lipinski definition) is 6. The van der Waals surface area contributed by atoms with Crippen LogP contribution in [0.5, 0.6) is 5.75 Å². The SMILES string of the molecule is CON(SC)C(=O)Nc1ccc(OCc2cc(C#N)nc(C(F)(F)F)c2)cc1. The zero-order valence-electron chi connectivity index (χ0n) is 14.8. The zero-order chi connectivity index (χ0) is 20.7. The molecule has 0 spiro atoms. The Balaban J connectivity index is 2.04. The third-order valence-corrected chi connectivity index (χ3v) is 3.95. The second-order valence-corrected chi connectivity index (χ2v) is 5.92. The number of benzene rings is 1. The third-order valence-electron chi connectivity index (χ3n) is 3.30. The fourth-order valence-electron chi connectivity index (χ4n) is 2.08. The summed E-state index contributed by atoms with van der Waals surface area (Å²) in [6.07, 6.45) is -2.99. The standard InChI is InChI=1S/C17H15F3N4O3S/c1-26-24(28-2)16(25)23-12-3-5-14(6-4-12)27-10-11-7-13(9-21)22-15(8-11)17(18,19)20/h3-8H,10H2,1-2H3,(H,23,25). The number of aromatic nitrogens is 1. The molecule has 0 aliphatic rings. The van der Waals surface area contributed by atoms with Gasteiger partial charge in [0.05, 0.1) is 7.11 Å². The van der Waals surface area contributed by atoms with Gasteiger partial charge in [-0.2, -0.15) is 18.4 Å². The lowest BCUT2D eigenvalue weighted by Gasteiger charge is -2.16. The maximum absolute atomic E-state index is 12.8. The van der Waals surface area contributed by atoms with Crippen LogP contribution in [0.3, 0.4) is 0 Å². The highest BCUT2D eigenvalue weighted by atomic mass is 32.2. The van der Waals surface area contributed by atoms with Gasteiger partial charge in [-0.25, -0.2) is 9.78 Å². The van der Waals surface area contributed by atoms with E-state index < -0.39 is 17.9 Å². The lowest BCUT2D eigenvalue weighted by molar-refractivity contribution is -0.141. The molecule has 1 aromatic carbocycles. The van der Waals surface area contributed by atoms with Gasteiger partial charge in [0.2, 0.25) is 0 Å². The fraction of sp³-hybridized carbons (Fsp3) is 0.235. The lowest BCUT2D eigenvalue weighted by Crippen LogP contribution is -2.27. The summed E-state index contributed by atoms with van der Waals surface area (Å²) >= 11 is 1.08. The average molecular weight is 412 g/mol. The summed E-state index contributed by atoms with van der Waals surface area (Å²) in [6.45, 7) is -0.185. The number of urea groups is 1. The Morgan fingerprint density at radius 1 is 1.32 bits per heavy atom. The van der Waals surface area contributed by atoms with Crippen LogP contribution in [-0.2, 0) is 17.6 Å². The number of anilines is 1. The van der Waals surface area contributed by atoms with E-state index in [1.807, 2.05) is 0 Å². The number of nitrogens with zero attached hydrogens (tertiary/aromatic N) is 3. The molecule has 0 aliphatic heterocycles. The van der Waals surface area contributed by atoms with Crippen LogP contribution in [0.15, 0.2) is 36.4 Å². The van der Waals surface area contributed by atoms with Crippen molar-refractivity contribution in [1.29, 1.82) is 5.26 Å². The molecule has 1 aromatic heterocycles. The van der Waals surface area contributed by atoms with E-state index in [2.05, 4.69) is 10.3 Å². The maximum atomic E-state index is 12.8. The van der Waals surface area contributed by atoms with Gasteiger partial charge in [-0.3, -0.25) is 4.84 Å². The van der Waals surface area contributed by atoms with Gasteiger partial charge < -0.3 is 10.1 Å². The van der Waals surface area contributed by atoms with Gasteiger partial charge in [0.15, 0.2) is 0 Å². The minimum Gasteiger partial charge on any atom is -0.489 e. The molecule has 7 nitrogen and oxygen atoms in total. The molecule has 0 radical (unpaired) electrons. The highest BCUT2D eigenvalue weighted by molar-refractivity contribution is 7.96. The molecule has 0 unspecified atom stereocenters. The fourth-order valence-corrected chi connectivity index (χ4v) is 2.44. The number of rotatable bonds is 6. The number of ether oxygens (including phenoxy) is 1. The van der Waals surface area contributed by atoms with E-state index in [0.29, 0.717) is 11.4 Å². The van der Waals surface area contributed by atoms with Gasteiger partial charge in [0.1, 0.15) is 29.8 Å². The second-order valence-electron chi connectivity index (χ2n) is 5.22. The summed E-state index contributed by atoms with van der Waals surface area (Å²) in [4.78, 5) is 20.0. The van der Waals surface area contributed by atoms with Crippen molar-refractivity contribution in [1.82, 2.24) is 9.45 Å². The van der Waals surface area contributed by atoms with Crippen molar-refractivity contribution in [3.8, 4) is 11.8 Å². The van der Waals surface area contributed by atoms with Gasteiger partial charge in [-0.1, -0.05) is 0 Å². The van der Waals surface area contributed by atoms with Crippen LogP contribution in [0.1, 0.15) is 17.0 Å². The number of carbonyl (C=O) groups is 1. The highest BCUT2D eigenvalue weighted by Crippen LogP contribution is 2.29. The average Bonchev–Trinajstić information content (AvgIpc) is 2.67. The quantitative estimate of drug-likeness (QED) is 0.565. The predicted octanol–water partition coefficient (Wildman–Crippen LogP) is 4.22. The first-order valence-corrected chi connectivity index (χ1v) is 8.85. The van der Waals surface area contributed by atoms with E-state index in [-0.39, 0.29) is 17.9 Å². The third kappa shape index (κ3) is 5.77. The van der Waals surface area contributed by atoms with Crippen molar-refractivity contribution in [3.63, 3.8) is 0 Å². The van der Waals surface area contributed by atoms with E-state index in [4.69, 9.17) is 14.8 Å². The molecule has 1 heterocycles. The van der Waals surface area contributed by atoms with Crippen LogP contribution in [-0.4, -0.2) is 28.8 Å². The molecule has 11 heteroatoms. The normalized spacial score (nSPS) is 10.9. The molecule has 0 atom stereocenters. The summed E-state index contributed by atoms with van der Waals surface area (Å²) in [6, 6.07) is 9.40. The lowest BCUT2D eigenvalue weighted by atomic mass is 10.2. The minimum absolute atomic E-state index is 0.159. The van der Waals surface area contributed by atoms with Gasteiger partial charge in [-0.05, 0) is 53.9 Å². The zero-order valence-corrected chi connectivity index (χ0v) is 15.6. The number of nitrogens with one attached hydrogen (secondary N) is 1. The molecular weight excluding hydrogens is 397 g/mol. The summed E-state index contributed by atoms with van der Waals surface area (Å²) in [5.74, 6) is 0.371. The number of halogens is 3. The van der Waals surface area contributed by atoms with E-state index in [9.17, 15) is 18.0 Å². The van der Waals surface area contributed by atoms with Gasteiger partial charge in [-0.15, -0.1) is 4.47 Å². The first-order valence-electron chi connectivity index (χ1n) is 7.67. The largest absolute Gasteiger partial charge is 0.489 e. The van der Waals surface area contributed by atoms with E-state index in [1.165, 1.54) is 13.2 Å². The Morgan fingerprint density at radius 2 is 2.00 bits per heavy atom. The number of carbonyl (C=O) groups excluding carboxylic acids is 1. The first kappa shape index (κ1) is 21.3. The molecule has 28 heavy (non-hydrogen) atoms. The molecule has 0 aliphatic carbocycles. The van der Waals surface area contributed by atoms with Crippen LogP contribution in [0.2, 0.25) is 0 Å². The van der Waals surface area contributed by atoms with Crippen molar-refractivity contribution in [3.05, 3.63) is 53.3 Å². The Hall–Kier alpha value is -2.97. The van der Waals surface area contributed by atoms with Crippen molar-refractivity contribution in [2.24, 2.45) is 0 Å². The summed E-state index contributed by atoms with van der Waals surface area (Å²) in [5, 5.41) is 11.4. The Morgan fingerprint density at radius 3 is 2.54 bits per heavy atom. The Kier molecular flexibility index (Phi) is 7.08. The number of pyridine rings is 1. The number of alkyl halides is 3. The van der Waals surface area contributed by atoms with Crippen molar-refractivity contribution >= 4 is 23.7 Å². The van der Waals surface area contributed by atoms with Crippen molar-refractivity contribution < 1.29 is 27.5 Å². The molecule has 2 rings (SSSR count). The van der Waals surface area contributed by atoms with Gasteiger partial charge in [0, 0.05) is 11.9 Å². The summed E-state index contributed by atoms with van der Waals surface area (Å²) in [7, 11) is 1.36.